The average Bonchev–Trinajstić information content (AvgIpc) is 3.12. The molecule has 1 amide bonds. The summed E-state index contributed by atoms with van der Waals surface area (Å²) >= 11 is 0. The number of ether oxygens (including phenoxy) is 1. The highest BCUT2D eigenvalue weighted by molar-refractivity contribution is 7.89. The predicted octanol–water partition coefficient (Wildman–Crippen LogP) is 0.235. The molecule has 8 nitrogen and oxygen atoms in total. The number of nitrogens with two attached hydrogens (primary N) is 1. The molecule has 0 aromatic carbocycles. The van der Waals surface area contributed by atoms with Gasteiger partial charge in [0.2, 0.25) is 10.0 Å². The molecular formula is C16H26N4O4S. The molecule has 2 fully saturated rings. The molecule has 1 aromatic heterocycles. The smallest absolute Gasteiger partial charge is 0.270 e. The molecule has 0 spiro atoms. The van der Waals surface area contributed by atoms with Crippen LogP contribution in [0.15, 0.2) is 17.2 Å². The Labute approximate surface area is 148 Å². The van der Waals surface area contributed by atoms with Crippen molar-refractivity contribution in [2.45, 2.75) is 30.7 Å². The van der Waals surface area contributed by atoms with Crippen LogP contribution in [0.25, 0.3) is 0 Å². The fourth-order valence-corrected chi connectivity index (χ4v) is 4.88. The summed E-state index contributed by atoms with van der Waals surface area (Å²) in [4.78, 5) is 17.5. The van der Waals surface area contributed by atoms with Crippen LogP contribution in [-0.4, -0.2) is 73.9 Å². The van der Waals surface area contributed by atoms with Crippen molar-refractivity contribution in [3.63, 3.8) is 0 Å². The first-order valence-corrected chi connectivity index (χ1v) is 10.1. The van der Waals surface area contributed by atoms with E-state index in [1.807, 2.05) is 0 Å². The lowest BCUT2D eigenvalue weighted by atomic mass is 9.92. The highest BCUT2D eigenvalue weighted by Crippen LogP contribution is 2.25. The summed E-state index contributed by atoms with van der Waals surface area (Å²) in [5.74, 6) is 0.351. The van der Waals surface area contributed by atoms with Gasteiger partial charge in [0.25, 0.3) is 5.91 Å². The van der Waals surface area contributed by atoms with Crippen LogP contribution in [0.4, 0.5) is 0 Å². The Morgan fingerprint density at radius 2 is 2.08 bits per heavy atom. The number of aromatic amines is 1. The average molecular weight is 370 g/mol. The van der Waals surface area contributed by atoms with Gasteiger partial charge in [-0.05, 0) is 24.8 Å². The quantitative estimate of drug-likeness (QED) is 0.789. The number of nitrogens with one attached hydrogen (secondary N) is 1. The number of likely N-dealkylation sites (tertiary alicyclic amines) is 1. The van der Waals surface area contributed by atoms with Gasteiger partial charge in [0, 0.05) is 38.4 Å². The minimum Gasteiger partial charge on any atom is -0.379 e. The first-order valence-electron chi connectivity index (χ1n) is 8.71. The molecule has 2 aliphatic heterocycles. The van der Waals surface area contributed by atoms with Crippen LogP contribution < -0.4 is 5.73 Å². The number of carbonyl (C=O) groups excluding carboxylic acids is 1. The SMILES string of the molecule is CC1CCN(C(=O)c2cc(S(=O)(=O)N3CCOCC3)c[nH]2)C(CN)C1. The molecule has 0 bridgehead atoms. The van der Waals surface area contributed by atoms with Gasteiger partial charge in [0.15, 0.2) is 0 Å². The number of aromatic nitrogens is 1. The fraction of sp³-hybridized carbons (Fsp3) is 0.688. The van der Waals surface area contributed by atoms with Crippen LogP contribution in [0.5, 0.6) is 0 Å². The maximum Gasteiger partial charge on any atom is 0.270 e. The third-order valence-electron chi connectivity index (χ3n) is 5.01. The summed E-state index contributed by atoms with van der Waals surface area (Å²) < 4.78 is 31.9. The van der Waals surface area contributed by atoms with Gasteiger partial charge in [-0.3, -0.25) is 4.79 Å². The van der Waals surface area contributed by atoms with Gasteiger partial charge in [-0.15, -0.1) is 0 Å². The van der Waals surface area contributed by atoms with Gasteiger partial charge in [-0.1, -0.05) is 6.92 Å². The Balaban J connectivity index is 1.77. The van der Waals surface area contributed by atoms with Crippen molar-refractivity contribution in [1.29, 1.82) is 0 Å². The second-order valence-corrected chi connectivity index (χ2v) is 8.72. The highest BCUT2D eigenvalue weighted by atomic mass is 32.2. The van der Waals surface area contributed by atoms with E-state index in [1.54, 1.807) is 4.90 Å². The largest absolute Gasteiger partial charge is 0.379 e. The standard InChI is InChI=1S/C16H26N4O4S/c1-12-2-3-20(13(8-12)10-17)16(21)15-9-14(11-18-15)25(22,23)19-4-6-24-7-5-19/h9,11-13,18H,2-8,10,17H2,1H3. The highest BCUT2D eigenvalue weighted by Gasteiger charge is 2.32. The van der Waals surface area contributed by atoms with Crippen molar-refractivity contribution in [2.24, 2.45) is 11.7 Å². The van der Waals surface area contributed by atoms with Crippen molar-refractivity contribution in [3.8, 4) is 0 Å². The maximum atomic E-state index is 12.8. The van der Waals surface area contributed by atoms with E-state index >= 15 is 0 Å². The van der Waals surface area contributed by atoms with E-state index in [0.717, 1.165) is 12.8 Å². The van der Waals surface area contributed by atoms with Crippen molar-refractivity contribution in [3.05, 3.63) is 18.0 Å². The molecule has 2 unspecified atom stereocenters. The molecule has 0 radical (unpaired) electrons. The molecule has 2 atom stereocenters. The molecule has 0 aliphatic carbocycles. The van der Waals surface area contributed by atoms with E-state index in [4.69, 9.17) is 10.5 Å². The Hall–Kier alpha value is -1.42. The van der Waals surface area contributed by atoms with E-state index in [2.05, 4.69) is 11.9 Å². The Morgan fingerprint density at radius 1 is 1.36 bits per heavy atom. The van der Waals surface area contributed by atoms with Gasteiger partial charge < -0.3 is 20.4 Å². The zero-order valence-corrected chi connectivity index (χ0v) is 15.3. The molecule has 3 rings (SSSR count). The molecular weight excluding hydrogens is 344 g/mol. The third kappa shape index (κ3) is 3.74. The fourth-order valence-electron chi connectivity index (χ4n) is 3.48. The van der Waals surface area contributed by atoms with Crippen molar-refractivity contribution in [1.82, 2.24) is 14.2 Å². The molecule has 0 saturated carbocycles. The second-order valence-electron chi connectivity index (χ2n) is 6.78. The van der Waals surface area contributed by atoms with Crippen LogP contribution in [-0.2, 0) is 14.8 Å². The molecule has 2 saturated heterocycles. The summed E-state index contributed by atoms with van der Waals surface area (Å²) in [6.45, 7) is 4.65. The molecule has 1 aromatic rings. The first kappa shape index (κ1) is 18.4. The molecule has 25 heavy (non-hydrogen) atoms. The number of carbonyl (C=O) groups is 1. The number of piperidine rings is 1. The van der Waals surface area contributed by atoms with Crippen molar-refractivity contribution >= 4 is 15.9 Å². The molecule has 3 N–H and O–H groups in total. The Bertz CT molecular complexity index is 711. The summed E-state index contributed by atoms with van der Waals surface area (Å²) in [5.41, 5.74) is 6.12. The predicted molar refractivity (Wildman–Crippen MR) is 92.6 cm³/mol. The summed E-state index contributed by atoms with van der Waals surface area (Å²) in [6, 6.07) is 1.43. The van der Waals surface area contributed by atoms with Crippen LogP contribution >= 0.6 is 0 Å². The number of hydrogen-bond donors (Lipinski definition) is 2. The van der Waals surface area contributed by atoms with E-state index < -0.39 is 10.0 Å². The van der Waals surface area contributed by atoms with Gasteiger partial charge in [-0.2, -0.15) is 4.31 Å². The summed E-state index contributed by atoms with van der Waals surface area (Å²) in [7, 11) is -3.61. The number of amides is 1. The Kier molecular flexibility index (Phi) is 5.47. The number of morpholine rings is 1. The number of hydrogen-bond acceptors (Lipinski definition) is 5. The second kappa shape index (κ2) is 7.45. The lowest BCUT2D eigenvalue weighted by Crippen LogP contribution is -2.49. The van der Waals surface area contributed by atoms with E-state index in [9.17, 15) is 13.2 Å². The first-order chi connectivity index (χ1) is 11.9. The van der Waals surface area contributed by atoms with Crippen LogP contribution in [0, 0.1) is 5.92 Å². The van der Waals surface area contributed by atoms with Crippen molar-refractivity contribution < 1.29 is 17.9 Å². The minimum absolute atomic E-state index is 0.00106. The van der Waals surface area contributed by atoms with Gasteiger partial charge >= 0.3 is 0 Å². The van der Waals surface area contributed by atoms with Crippen LogP contribution in [0.3, 0.4) is 0 Å². The number of nitrogens with zero attached hydrogens (tertiary/aromatic N) is 2. The molecule has 3 heterocycles. The molecule has 9 heteroatoms. The molecule has 140 valence electrons. The van der Waals surface area contributed by atoms with Gasteiger partial charge in [0.05, 0.1) is 13.2 Å². The molecule has 2 aliphatic rings. The zero-order valence-electron chi connectivity index (χ0n) is 14.5. The monoisotopic (exact) mass is 370 g/mol. The van der Waals surface area contributed by atoms with E-state index in [0.29, 0.717) is 51.0 Å². The third-order valence-corrected chi connectivity index (χ3v) is 6.88. The van der Waals surface area contributed by atoms with Gasteiger partial charge in [-0.25, -0.2) is 8.42 Å². The zero-order chi connectivity index (χ0) is 18.0. The normalized spacial score (nSPS) is 25.9. The number of rotatable bonds is 4. The lowest BCUT2D eigenvalue weighted by molar-refractivity contribution is 0.0568. The minimum atomic E-state index is -3.61. The number of sulfonamides is 1. The number of H-pyrrole nitrogens is 1. The Morgan fingerprint density at radius 3 is 2.76 bits per heavy atom. The van der Waals surface area contributed by atoms with Crippen LogP contribution in [0.2, 0.25) is 0 Å². The summed E-state index contributed by atoms with van der Waals surface area (Å²) in [5, 5.41) is 0. The van der Waals surface area contributed by atoms with Crippen LogP contribution in [0.1, 0.15) is 30.3 Å². The summed E-state index contributed by atoms with van der Waals surface area (Å²) in [6.07, 6.45) is 3.20. The van der Waals surface area contributed by atoms with Gasteiger partial charge in [0.1, 0.15) is 10.6 Å². The van der Waals surface area contributed by atoms with Crippen molar-refractivity contribution in [2.75, 3.05) is 39.4 Å². The van der Waals surface area contributed by atoms with E-state index in [1.165, 1.54) is 16.6 Å². The lowest BCUT2D eigenvalue weighted by Gasteiger charge is -2.37. The topological polar surface area (TPSA) is 109 Å². The van der Waals surface area contributed by atoms with E-state index in [-0.39, 0.29) is 16.8 Å². The maximum absolute atomic E-state index is 12.8.